The van der Waals surface area contributed by atoms with Crippen LogP contribution in [0.5, 0.6) is 0 Å². The van der Waals surface area contributed by atoms with E-state index >= 15 is 0 Å². The molecule has 4 aromatic rings. The van der Waals surface area contributed by atoms with Crippen molar-refractivity contribution in [3.8, 4) is 0 Å². The van der Waals surface area contributed by atoms with Gasteiger partial charge in [0.2, 0.25) is 0 Å². The van der Waals surface area contributed by atoms with Crippen LogP contribution in [0, 0.1) is 27.7 Å². The number of nitrogens with one attached hydrogen (secondary N) is 1. The molecule has 2 heterocycles. The summed E-state index contributed by atoms with van der Waals surface area (Å²) in [5.41, 5.74) is 4.95. The molecule has 0 aliphatic heterocycles. The zero-order valence-electron chi connectivity index (χ0n) is 18.7. The van der Waals surface area contributed by atoms with Crippen LogP contribution < -0.4 is 5.32 Å². The lowest BCUT2D eigenvalue weighted by Crippen LogP contribution is -2.14. The highest BCUT2D eigenvalue weighted by atomic mass is 19.4. The molecule has 0 bridgehead atoms. The maximum atomic E-state index is 13.2. The largest absolute Gasteiger partial charge is 0.416 e. The van der Waals surface area contributed by atoms with Gasteiger partial charge in [0.05, 0.1) is 40.3 Å². The van der Waals surface area contributed by atoms with Crippen molar-refractivity contribution in [1.82, 2.24) is 14.8 Å². The molecule has 33 heavy (non-hydrogen) atoms. The molecule has 4 rings (SSSR count). The minimum absolute atomic E-state index is 0.267. The Balaban J connectivity index is 1.61. The number of pyridine rings is 1. The molecule has 0 saturated carbocycles. The first-order valence-electron chi connectivity index (χ1n) is 10.4. The molecule has 0 saturated heterocycles. The maximum absolute atomic E-state index is 13.2. The van der Waals surface area contributed by atoms with E-state index in [0.717, 1.165) is 34.3 Å². The number of aryl methyl sites for hydroxylation is 3. The van der Waals surface area contributed by atoms with E-state index in [4.69, 9.17) is 0 Å². The van der Waals surface area contributed by atoms with Crippen molar-refractivity contribution in [2.45, 2.75) is 40.4 Å². The zero-order chi connectivity index (χ0) is 23.9. The Kier molecular flexibility index (Phi) is 5.69. The molecule has 8 heteroatoms. The molecular weight excluding hydrogens is 429 g/mol. The van der Waals surface area contributed by atoms with Crippen LogP contribution in [0.1, 0.15) is 44.1 Å². The Hall–Kier alpha value is -3.68. The standard InChI is InChI=1S/C25H23F3N4O/c1-14-5-10-22-20(11-14)21(12-15(2)29-22)24(33)30-23-16(3)31-32(17(23)4)13-18-6-8-19(9-7-18)25(26,27)28/h5-12H,13H2,1-4H3,(H,30,33). The van der Waals surface area contributed by atoms with E-state index in [9.17, 15) is 18.0 Å². The van der Waals surface area contributed by atoms with Gasteiger partial charge in [-0.15, -0.1) is 0 Å². The number of aromatic nitrogens is 3. The predicted molar refractivity (Wildman–Crippen MR) is 121 cm³/mol. The van der Waals surface area contributed by atoms with Gasteiger partial charge in [-0.3, -0.25) is 14.5 Å². The molecule has 1 amide bonds. The lowest BCUT2D eigenvalue weighted by molar-refractivity contribution is -0.137. The molecule has 0 atom stereocenters. The normalized spacial score (nSPS) is 11.7. The summed E-state index contributed by atoms with van der Waals surface area (Å²) in [5.74, 6) is -0.267. The number of halogens is 3. The number of nitrogens with zero attached hydrogens (tertiary/aromatic N) is 3. The SMILES string of the molecule is Cc1ccc2nc(C)cc(C(=O)Nc3c(C)nn(Cc4ccc(C(F)(F)F)cc4)c3C)c2c1. The van der Waals surface area contributed by atoms with Crippen molar-refractivity contribution in [2.24, 2.45) is 0 Å². The molecule has 5 nitrogen and oxygen atoms in total. The van der Waals surface area contributed by atoms with Gasteiger partial charge in [0.15, 0.2) is 0 Å². The van der Waals surface area contributed by atoms with Gasteiger partial charge in [0, 0.05) is 11.1 Å². The molecule has 2 aromatic carbocycles. The lowest BCUT2D eigenvalue weighted by Gasteiger charge is -2.11. The van der Waals surface area contributed by atoms with E-state index in [1.165, 1.54) is 12.1 Å². The predicted octanol–water partition coefficient (Wildman–Crippen LogP) is 5.98. The van der Waals surface area contributed by atoms with E-state index in [0.29, 0.717) is 28.2 Å². The van der Waals surface area contributed by atoms with Gasteiger partial charge >= 0.3 is 6.18 Å². The number of fused-ring (bicyclic) bond motifs is 1. The fraction of sp³-hybridized carbons (Fsp3) is 0.240. The fourth-order valence-electron chi connectivity index (χ4n) is 3.84. The number of amides is 1. The van der Waals surface area contributed by atoms with Gasteiger partial charge in [0.25, 0.3) is 5.91 Å². The molecule has 0 aliphatic rings. The maximum Gasteiger partial charge on any atom is 0.416 e. The topological polar surface area (TPSA) is 59.8 Å². The number of alkyl halides is 3. The molecule has 0 spiro atoms. The average Bonchev–Trinajstić information content (AvgIpc) is 3.00. The second kappa shape index (κ2) is 8.35. The van der Waals surface area contributed by atoms with E-state index in [2.05, 4.69) is 15.4 Å². The van der Waals surface area contributed by atoms with Crippen LogP contribution in [0.4, 0.5) is 18.9 Å². The van der Waals surface area contributed by atoms with Crippen molar-refractivity contribution in [3.05, 3.63) is 87.9 Å². The molecule has 0 aliphatic carbocycles. The van der Waals surface area contributed by atoms with Gasteiger partial charge in [-0.05, 0) is 63.6 Å². The Bertz CT molecular complexity index is 1360. The Morgan fingerprint density at radius 3 is 2.36 bits per heavy atom. The molecule has 0 unspecified atom stereocenters. The second-order valence-corrected chi connectivity index (χ2v) is 8.18. The summed E-state index contributed by atoms with van der Waals surface area (Å²) >= 11 is 0. The van der Waals surface area contributed by atoms with Crippen LogP contribution in [0.25, 0.3) is 10.9 Å². The summed E-state index contributed by atoms with van der Waals surface area (Å²) in [7, 11) is 0. The second-order valence-electron chi connectivity index (χ2n) is 8.18. The van der Waals surface area contributed by atoms with E-state index < -0.39 is 11.7 Å². The Labute approximate surface area is 189 Å². The molecule has 1 N–H and O–H groups in total. The first-order chi connectivity index (χ1) is 15.5. The summed E-state index contributed by atoms with van der Waals surface area (Å²) in [6, 6.07) is 12.5. The summed E-state index contributed by atoms with van der Waals surface area (Å²) < 4.78 is 40.1. The van der Waals surface area contributed by atoms with Crippen LogP contribution in [0.2, 0.25) is 0 Å². The molecular formula is C25H23F3N4O. The monoisotopic (exact) mass is 452 g/mol. The van der Waals surface area contributed by atoms with Crippen molar-refractivity contribution in [2.75, 3.05) is 5.32 Å². The molecule has 0 fully saturated rings. The fourth-order valence-corrected chi connectivity index (χ4v) is 3.84. The first-order valence-corrected chi connectivity index (χ1v) is 10.4. The number of hydrogen-bond donors (Lipinski definition) is 1. The average molecular weight is 452 g/mol. The first kappa shape index (κ1) is 22.5. The van der Waals surface area contributed by atoms with Gasteiger partial charge < -0.3 is 5.32 Å². The van der Waals surface area contributed by atoms with Crippen LogP contribution in [0.15, 0.2) is 48.5 Å². The third kappa shape index (κ3) is 4.60. The smallest absolute Gasteiger partial charge is 0.319 e. The number of hydrogen-bond acceptors (Lipinski definition) is 3. The quantitative estimate of drug-likeness (QED) is 0.414. The highest BCUT2D eigenvalue weighted by molar-refractivity contribution is 6.12. The summed E-state index contributed by atoms with van der Waals surface area (Å²) in [6.45, 7) is 7.69. The number of anilines is 1. The summed E-state index contributed by atoms with van der Waals surface area (Å²) in [4.78, 5) is 17.7. The zero-order valence-corrected chi connectivity index (χ0v) is 18.7. The number of carbonyl (C=O) groups excluding carboxylic acids is 1. The van der Waals surface area contributed by atoms with Crippen molar-refractivity contribution >= 4 is 22.5 Å². The van der Waals surface area contributed by atoms with Gasteiger partial charge in [-0.1, -0.05) is 23.8 Å². The van der Waals surface area contributed by atoms with E-state index in [1.807, 2.05) is 39.0 Å². The third-order valence-electron chi connectivity index (χ3n) is 5.57. The van der Waals surface area contributed by atoms with Crippen LogP contribution in [-0.2, 0) is 12.7 Å². The van der Waals surface area contributed by atoms with E-state index in [-0.39, 0.29) is 12.5 Å². The number of carbonyl (C=O) groups is 1. The van der Waals surface area contributed by atoms with Crippen molar-refractivity contribution in [1.29, 1.82) is 0 Å². The molecule has 0 radical (unpaired) electrons. The van der Waals surface area contributed by atoms with Crippen molar-refractivity contribution in [3.63, 3.8) is 0 Å². The minimum atomic E-state index is -4.37. The highest BCUT2D eigenvalue weighted by Crippen LogP contribution is 2.29. The van der Waals surface area contributed by atoms with E-state index in [1.54, 1.807) is 17.7 Å². The van der Waals surface area contributed by atoms with Crippen LogP contribution in [-0.4, -0.2) is 20.7 Å². The van der Waals surface area contributed by atoms with Crippen LogP contribution >= 0.6 is 0 Å². The van der Waals surface area contributed by atoms with Gasteiger partial charge in [-0.25, -0.2) is 0 Å². The third-order valence-corrected chi connectivity index (χ3v) is 5.57. The van der Waals surface area contributed by atoms with Crippen molar-refractivity contribution < 1.29 is 18.0 Å². The summed E-state index contributed by atoms with van der Waals surface area (Å²) in [5, 5.41) is 8.22. The Morgan fingerprint density at radius 1 is 1.00 bits per heavy atom. The minimum Gasteiger partial charge on any atom is -0.319 e. The van der Waals surface area contributed by atoms with Gasteiger partial charge in [0.1, 0.15) is 0 Å². The summed E-state index contributed by atoms with van der Waals surface area (Å²) in [6.07, 6.45) is -4.37. The number of benzene rings is 2. The number of rotatable bonds is 4. The molecule has 170 valence electrons. The Morgan fingerprint density at radius 2 is 1.70 bits per heavy atom. The lowest BCUT2D eigenvalue weighted by atomic mass is 10.0. The van der Waals surface area contributed by atoms with Crippen LogP contribution in [0.3, 0.4) is 0 Å². The molecule has 2 aromatic heterocycles. The van der Waals surface area contributed by atoms with Gasteiger partial charge in [-0.2, -0.15) is 18.3 Å². The highest BCUT2D eigenvalue weighted by Gasteiger charge is 2.30.